The molecule has 4 rings (SSSR count). The van der Waals surface area contributed by atoms with Crippen LogP contribution in [0.5, 0.6) is 0 Å². The first-order valence-electron chi connectivity index (χ1n) is 7.48. The Balaban J connectivity index is 1.65. The summed E-state index contributed by atoms with van der Waals surface area (Å²) in [7, 11) is 0. The van der Waals surface area contributed by atoms with Gasteiger partial charge in [0.05, 0.1) is 18.0 Å². The maximum Gasteiger partial charge on any atom is 0.248 e. The van der Waals surface area contributed by atoms with Crippen LogP contribution in [0.1, 0.15) is 24.5 Å². The van der Waals surface area contributed by atoms with Crippen molar-refractivity contribution in [2.45, 2.75) is 24.9 Å². The number of para-hydroxylation sites is 1. The molecule has 4 nitrogen and oxygen atoms in total. The first kappa shape index (κ1) is 14.3. The van der Waals surface area contributed by atoms with Crippen LogP contribution >= 0.6 is 0 Å². The molecule has 0 spiro atoms. The third-order valence-electron chi connectivity index (χ3n) is 4.34. The Hall–Kier alpha value is -2.34. The molecule has 23 heavy (non-hydrogen) atoms. The molecular formula is C17H15F2N3O. The van der Waals surface area contributed by atoms with Crippen LogP contribution < -0.4 is 0 Å². The number of benzene rings is 1. The van der Waals surface area contributed by atoms with Crippen molar-refractivity contribution < 1.29 is 13.9 Å². The molecule has 1 N–H and O–H groups in total. The van der Waals surface area contributed by atoms with Gasteiger partial charge >= 0.3 is 0 Å². The Morgan fingerprint density at radius 2 is 1.91 bits per heavy atom. The highest BCUT2D eigenvalue weighted by Crippen LogP contribution is 2.48. The number of aliphatic hydroxyl groups excluding tert-OH is 1. The number of fused-ring (bicyclic) bond motifs is 1. The van der Waals surface area contributed by atoms with Crippen LogP contribution in [0, 0.1) is 5.92 Å². The van der Waals surface area contributed by atoms with Gasteiger partial charge in [-0.25, -0.2) is 18.4 Å². The second kappa shape index (κ2) is 5.09. The van der Waals surface area contributed by atoms with Crippen molar-refractivity contribution in [3.63, 3.8) is 0 Å². The minimum absolute atomic E-state index is 0.268. The lowest BCUT2D eigenvalue weighted by Crippen LogP contribution is -2.38. The zero-order valence-corrected chi connectivity index (χ0v) is 12.2. The molecule has 118 valence electrons. The number of pyridine rings is 1. The maximum atomic E-state index is 13.0. The molecule has 0 aliphatic heterocycles. The van der Waals surface area contributed by atoms with Crippen LogP contribution in [0.4, 0.5) is 8.78 Å². The molecule has 2 heterocycles. The molecule has 0 amide bonds. The van der Waals surface area contributed by atoms with Gasteiger partial charge in [0, 0.05) is 30.3 Å². The van der Waals surface area contributed by atoms with E-state index in [9.17, 15) is 13.9 Å². The van der Waals surface area contributed by atoms with Crippen molar-refractivity contribution in [2.75, 3.05) is 0 Å². The highest BCUT2D eigenvalue weighted by Gasteiger charge is 2.48. The quantitative estimate of drug-likeness (QED) is 0.805. The second-order valence-corrected chi connectivity index (χ2v) is 6.04. The number of aromatic nitrogens is 3. The summed E-state index contributed by atoms with van der Waals surface area (Å²) in [6.07, 6.45) is 1.77. The summed E-state index contributed by atoms with van der Waals surface area (Å²) in [5.74, 6) is -3.05. The standard InChI is InChI=1S/C17H15F2N3O/c18-17(19)7-13(8-17)15(23)11-6-12-10-21-22(16(12)20-9-11)14-4-2-1-3-5-14/h1-6,9-10,13,15,23H,7-8H2/t15-/m1/s1. The van der Waals surface area contributed by atoms with E-state index in [0.717, 1.165) is 11.1 Å². The number of rotatable bonds is 3. The molecule has 6 heteroatoms. The minimum atomic E-state index is -2.64. The molecule has 1 aliphatic carbocycles. The van der Waals surface area contributed by atoms with Crippen molar-refractivity contribution in [3.05, 3.63) is 54.4 Å². The average Bonchev–Trinajstić information content (AvgIpc) is 2.95. The summed E-state index contributed by atoms with van der Waals surface area (Å²) >= 11 is 0. The smallest absolute Gasteiger partial charge is 0.248 e. The number of hydrogen-bond donors (Lipinski definition) is 1. The highest BCUT2D eigenvalue weighted by molar-refractivity contribution is 5.76. The van der Waals surface area contributed by atoms with Gasteiger partial charge in [0.15, 0.2) is 5.65 Å². The van der Waals surface area contributed by atoms with E-state index in [2.05, 4.69) is 10.1 Å². The Morgan fingerprint density at radius 1 is 1.17 bits per heavy atom. The van der Waals surface area contributed by atoms with Crippen LogP contribution in [0.25, 0.3) is 16.7 Å². The van der Waals surface area contributed by atoms with Crippen molar-refractivity contribution >= 4 is 11.0 Å². The van der Waals surface area contributed by atoms with Crippen molar-refractivity contribution in [2.24, 2.45) is 5.92 Å². The van der Waals surface area contributed by atoms with Crippen molar-refractivity contribution in [1.29, 1.82) is 0 Å². The third-order valence-corrected chi connectivity index (χ3v) is 4.34. The monoisotopic (exact) mass is 315 g/mol. The van der Waals surface area contributed by atoms with Crippen LogP contribution in [-0.4, -0.2) is 25.8 Å². The van der Waals surface area contributed by atoms with Gasteiger partial charge in [-0.1, -0.05) is 18.2 Å². The molecule has 0 unspecified atom stereocenters. The van der Waals surface area contributed by atoms with Crippen molar-refractivity contribution in [1.82, 2.24) is 14.8 Å². The number of aliphatic hydroxyl groups is 1. The van der Waals surface area contributed by atoms with Gasteiger partial charge in [0.25, 0.3) is 0 Å². The molecule has 1 aromatic carbocycles. The van der Waals surface area contributed by atoms with E-state index < -0.39 is 17.9 Å². The van der Waals surface area contributed by atoms with Crippen LogP contribution in [0.3, 0.4) is 0 Å². The molecule has 0 bridgehead atoms. The number of halogens is 2. The third kappa shape index (κ3) is 2.49. The summed E-state index contributed by atoms with van der Waals surface area (Å²) in [6.45, 7) is 0. The summed E-state index contributed by atoms with van der Waals surface area (Å²) in [5.41, 5.74) is 2.12. The zero-order valence-electron chi connectivity index (χ0n) is 12.2. The number of hydrogen-bond acceptors (Lipinski definition) is 3. The molecule has 1 saturated carbocycles. The van der Waals surface area contributed by atoms with Crippen LogP contribution in [0.15, 0.2) is 48.8 Å². The fourth-order valence-corrected chi connectivity index (χ4v) is 3.06. The molecule has 1 atom stereocenters. The lowest BCUT2D eigenvalue weighted by Gasteiger charge is -2.37. The summed E-state index contributed by atoms with van der Waals surface area (Å²) in [6, 6.07) is 11.4. The molecule has 3 aromatic rings. The lowest BCUT2D eigenvalue weighted by molar-refractivity contribution is -0.142. The normalized spacial score (nSPS) is 18.7. The Kier molecular flexibility index (Phi) is 3.16. The van der Waals surface area contributed by atoms with E-state index in [4.69, 9.17) is 0 Å². The van der Waals surface area contributed by atoms with E-state index in [1.807, 2.05) is 30.3 Å². The fraction of sp³-hybridized carbons (Fsp3) is 0.294. The Morgan fingerprint density at radius 3 is 2.61 bits per heavy atom. The number of nitrogens with zero attached hydrogens (tertiary/aromatic N) is 3. The van der Waals surface area contributed by atoms with Gasteiger partial charge in [-0.3, -0.25) is 0 Å². The molecule has 1 aliphatic rings. The highest BCUT2D eigenvalue weighted by atomic mass is 19.3. The molecule has 1 fully saturated rings. The van der Waals surface area contributed by atoms with E-state index >= 15 is 0 Å². The van der Waals surface area contributed by atoms with Gasteiger partial charge < -0.3 is 5.11 Å². The van der Waals surface area contributed by atoms with E-state index in [-0.39, 0.29) is 12.8 Å². The summed E-state index contributed by atoms with van der Waals surface area (Å²) in [4.78, 5) is 4.37. The largest absolute Gasteiger partial charge is 0.388 e. The van der Waals surface area contributed by atoms with Crippen LogP contribution in [0.2, 0.25) is 0 Å². The van der Waals surface area contributed by atoms with E-state index in [1.54, 1.807) is 23.1 Å². The fourth-order valence-electron chi connectivity index (χ4n) is 3.06. The average molecular weight is 315 g/mol. The SMILES string of the molecule is O[C@H](c1cnc2c(cnn2-c2ccccc2)c1)C1CC(F)(F)C1. The second-order valence-electron chi connectivity index (χ2n) is 6.04. The summed E-state index contributed by atoms with van der Waals surface area (Å²) in [5, 5.41) is 15.4. The predicted molar refractivity (Wildman–Crippen MR) is 81.5 cm³/mol. The first-order chi connectivity index (χ1) is 11.0. The maximum absolute atomic E-state index is 13.0. The van der Waals surface area contributed by atoms with Crippen LogP contribution in [-0.2, 0) is 0 Å². The van der Waals surface area contributed by atoms with Gasteiger partial charge in [-0.2, -0.15) is 5.10 Å². The molecule has 0 radical (unpaired) electrons. The molecular weight excluding hydrogens is 300 g/mol. The molecule has 2 aromatic heterocycles. The van der Waals surface area contributed by atoms with E-state index in [0.29, 0.717) is 11.2 Å². The van der Waals surface area contributed by atoms with Crippen molar-refractivity contribution in [3.8, 4) is 5.69 Å². The Bertz CT molecular complexity index is 839. The Labute approximate surface area is 131 Å². The molecule has 0 saturated heterocycles. The minimum Gasteiger partial charge on any atom is -0.388 e. The predicted octanol–water partition coefficient (Wildman–Crippen LogP) is 3.50. The van der Waals surface area contributed by atoms with E-state index in [1.165, 1.54) is 0 Å². The lowest BCUT2D eigenvalue weighted by atomic mass is 9.76. The van der Waals surface area contributed by atoms with Gasteiger partial charge in [-0.05, 0) is 23.8 Å². The first-order valence-corrected chi connectivity index (χ1v) is 7.48. The topological polar surface area (TPSA) is 50.9 Å². The number of alkyl halides is 2. The van der Waals surface area contributed by atoms with Gasteiger partial charge in [-0.15, -0.1) is 0 Å². The zero-order chi connectivity index (χ0) is 16.0. The van der Waals surface area contributed by atoms with Gasteiger partial charge in [0.2, 0.25) is 5.92 Å². The summed E-state index contributed by atoms with van der Waals surface area (Å²) < 4.78 is 27.6. The van der Waals surface area contributed by atoms with Gasteiger partial charge in [0.1, 0.15) is 0 Å².